The van der Waals surface area contributed by atoms with Crippen LogP contribution in [0.5, 0.6) is 0 Å². The normalized spacial score (nSPS) is 24.8. The van der Waals surface area contributed by atoms with Gasteiger partial charge in [-0.3, -0.25) is 0 Å². The van der Waals surface area contributed by atoms with E-state index in [0.29, 0.717) is 25.3 Å². The Balaban J connectivity index is 2.29. The largest absolute Gasteiger partial charge is 0.393 e. The molecule has 0 saturated carbocycles. The van der Waals surface area contributed by atoms with E-state index in [0.717, 1.165) is 12.8 Å². The molecule has 1 rings (SSSR count). The fourth-order valence-electron chi connectivity index (χ4n) is 1.51. The third-order valence-electron chi connectivity index (χ3n) is 2.23. The summed E-state index contributed by atoms with van der Waals surface area (Å²) in [5.74, 6) is 0.293. The number of aliphatic hydroxyl groups is 1. The fourth-order valence-corrected chi connectivity index (χ4v) is 3.07. The van der Waals surface area contributed by atoms with Gasteiger partial charge in [0.25, 0.3) is 0 Å². The third-order valence-corrected chi connectivity index (χ3v) is 4.19. The van der Waals surface area contributed by atoms with Gasteiger partial charge in [0.1, 0.15) is 0 Å². The van der Waals surface area contributed by atoms with Gasteiger partial charge < -0.3 is 5.11 Å². The lowest BCUT2D eigenvalue weighted by atomic mass is 10.2. The van der Waals surface area contributed by atoms with E-state index >= 15 is 0 Å². The molecule has 1 atom stereocenters. The van der Waals surface area contributed by atoms with Crippen LogP contribution in [0.1, 0.15) is 26.2 Å². The van der Waals surface area contributed by atoms with Gasteiger partial charge in [0.2, 0.25) is 10.0 Å². The van der Waals surface area contributed by atoms with E-state index in [1.54, 1.807) is 6.92 Å². The molecular formula is C8H17NO3S. The number of aliphatic hydroxyl groups excluding tert-OH is 1. The molecule has 0 aliphatic carbocycles. The Kier molecular flexibility index (Phi) is 3.70. The molecule has 5 heteroatoms. The van der Waals surface area contributed by atoms with Crippen LogP contribution in [0, 0.1) is 0 Å². The summed E-state index contributed by atoms with van der Waals surface area (Å²) in [5, 5.41) is 8.99. The fraction of sp³-hybridized carbons (Fsp3) is 1.00. The number of hydrogen-bond donors (Lipinski definition) is 1. The Morgan fingerprint density at radius 2 is 2.23 bits per heavy atom. The zero-order valence-corrected chi connectivity index (χ0v) is 8.76. The summed E-state index contributed by atoms with van der Waals surface area (Å²) < 4.78 is 24.1. The van der Waals surface area contributed by atoms with Gasteiger partial charge in [-0.15, -0.1) is 0 Å². The van der Waals surface area contributed by atoms with Gasteiger partial charge in [0, 0.05) is 13.1 Å². The highest BCUT2D eigenvalue weighted by Gasteiger charge is 2.27. The molecule has 0 spiro atoms. The second kappa shape index (κ2) is 4.39. The Morgan fingerprint density at radius 1 is 1.54 bits per heavy atom. The van der Waals surface area contributed by atoms with Gasteiger partial charge in [-0.05, 0) is 26.2 Å². The molecule has 0 amide bonds. The van der Waals surface area contributed by atoms with E-state index in [4.69, 9.17) is 5.11 Å². The Labute approximate surface area is 79.6 Å². The van der Waals surface area contributed by atoms with E-state index in [1.807, 2.05) is 0 Å². The molecule has 1 N–H and O–H groups in total. The topological polar surface area (TPSA) is 57.6 Å². The van der Waals surface area contributed by atoms with Crippen LogP contribution in [-0.2, 0) is 10.0 Å². The maximum atomic E-state index is 11.3. The summed E-state index contributed by atoms with van der Waals surface area (Å²) >= 11 is 0. The van der Waals surface area contributed by atoms with Gasteiger partial charge in [0.15, 0.2) is 0 Å². The summed E-state index contributed by atoms with van der Waals surface area (Å²) in [7, 11) is -2.93. The number of nitrogens with zero attached hydrogens (tertiary/aromatic N) is 1. The van der Waals surface area contributed by atoms with Crippen LogP contribution < -0.4 is 0 Å². The smallest absolute Gasteiger partial charge is 0.214 e. The molecule has 0 aromatic rings. The van der Waals surface area contributed by atoms with Gasteiger partial charge in [-0.1, -0.05) is 0 Å². The standard InChI is InChI=1S/C8H17NO3S/c1-8(10)4-2-5-9-6-3-7-13(9,11)12/h8,10H,2-7H2,1H3. The molecule has 1 saturated heterocycles. The molecule has 0 bridgehead atoms. The average molecular weight is 207 g/mol. The van der Waals surface area contributed by atoms with Crippen LogP contribution in [-0.4, -0.2) is 42.8 Å². The van der Waals surface area contributed by atoms with E-state index in [2.05, 4.69) is 0 Å². The molecule has 0 aromatic carbocycles. The zero-order valence-electron chi connectivity index (χ0n) is 7.94. The average Bonchev–Trinajstić information content (AvgIpc) is 2.30. The maximum Gasteiger partial charge on any atom is 0.214 e. The molecule has 78 valence electrons. The second-order valence-electron chi connectivity index (χ2n) is 3.56. The van der Waals surface area contributed by atoms with Crippen molar-refractivity contribution in [3.05, 3.63) is 0 Å². The molecule has 1 aliphatic rings. The van der Waals surface area contributed by atoms with Crippen LogP contribution in [0.15, 0.2) is 0 Å². The van der Waals surface area contributed by atoms with Crippen LogP contribution in [0.4, 0.5) is 0 Å². The molecular weight excluding hydrogens is 190 g/mol. The predicted octanol–water partition coefficient (Wildman–Crippen LogP) is 0.183. The van der Waals surface area contributed by atoms with Gasteiger partial charge in [-0.2, -0.15) is 0 Å². The highest BCUT2D eigenvalue weighted by Crippen LogP contribution is 2.14. The van der Waals surface area contributed by atoms with Crippen molar-refractivity contribution in [3.8, 4) is 0 Å². The van der Waals surface area contributed by atoms with Crippen molar-refractivity contribution in [3.63, 3.8) is 0 Å². The van der Waals surface area contributed by atoms with Crippen LogP contribution >= 0.6 is 0 Å². The van der Waals surface area contributed by atoms with E-state index in [-0.39, 0.29) is 6.10 Å². The minimum absolute atomic E-state index is 0.293. The number of rotatable bonds is 4. The van der Waals surface area contributed by atoms with Crippen LogP contribution in [0.3, 0.4) is 0 Å². The summed E-state index contributed by atoms with van der Waals surface area (Å²) in [6.45, 7) is 2.94. The molecule has 1 fully saturated rings. The first-order valence-electron chi connectivity index (χ1n) is 4.68. The van der Waals surface area contributed by atoms with Gasteiger partial charge in [0.05, 0.1) is 11.9 Å². The third kappa shape index (κ3) is 3.25. The Bertz CT molecular complexity index is 248. The first kappa shape index (κ1) is 10.9. The summed E-state index contributed by atoms with van der Waals surface area (Å²) in [6, 6.07) is 0. The predicted molar refractivity (Wildman–Crippen MR) is 50.9 cm³/mol. The molecule has 0 aromatic heterocycles. The van der Waals surface area contributed by atoms with E-state index < -0.39 is 10.0 Å². The minimum atomic E-state index is -2.93. The van der Waals surface area contributed by atoms with Crippen molar-refractivity contribution in [2.75, 3.05) is 18.8 Å². The van der Waals surface area contributed by atoms with Crippen LogP contribution in [0.2, 0.25) is 0 Å². The lowest BCUT2D eigenvalue weighted by Crippen LogP contribution is -2.27. The van der Waals surface area contributed by atoms with Crippen molar-refractivity contribution in [1.82, 2.24) is 4.31 Å². The minimum Gasteiger partial charge on any atom is -0.393 e. The highest BCUT2D eigenvalue weighted by atomic mass is 32.2. The van der Waals surface area contributed by atoms with Crippen molar-refractivity contribution in [2.24, 2.45) is 0 Å². The van der Waals surface area contributed by atoms with E-state index in [1.165, 1.54) is 4.31 Å². The van der Waals surface area contributed by atoms with Crippen molar-refractivity contribution >= 4 is 10.0 Å². The molecule has 1 unspecified atom stereocenters. The summed E-state index contributed by atoms with van der Waals surface area (Å²) in [5.41, 5.74) is 0. The van der Waals surface area contributed by atoms with Gasteiger partial charge >= 0.3 is 0 Å². The summed E-state index contributed by atoms with van der Waals surface area (Å²) in [4.78, 5) is 0. The van der Waals surface area contributed by atoms with Crippen molar-refractivity contribution in [1.29, 1.82) is 0 Å². The number of hydrogen-bond acceptors (Lipinski definition) is 3. The second-order valence-corrected chi connectivity index (χ2v) is 5.65. The first-order valence-corrected chi connectivity index (χ1v) is 6.29. The van der Waals surface area contributed by atoms with Gasteiger partial charge in [-0.25, -0.2) is 12.7 Å². The van der Waals surface area contributed by atoms with E-state index in [9.17, 15) is 8.42 Å². The molecule has 0 radical (unpaired) electrons. The maximum absolute atomic E-state index is 11.3. The molecule has 4 nitrogen and oxygen atoms in total. The van der Waals surface area contributed by atoms with Crippen LogP contribution in [0.25, 0.3) is 0 Å². The zero-order chi connectivity index (χ0) is 9.90. The molecule has 1 aliphatic heterocycles. The first-order chi connectivity index (χ1) is 6.02. The van der Waals surface area contributed by atoms with Crippen molar-refractivity contribution in [2.45, 2.75) is 32.3 Å². The SMILES string of the molecule is CC(O)CCCN1CCCS1(=O)=O. The Hall–Kier alpha value is -0.130. The van der Waals surface area contributed by atoms with Crippen molar-refractivity contribution < 1.29 is 13.5 Å². The summed E-state index contributed by atoms with van der Waals surface area (Å²) in [6.07, 6.45) is 1.84. The quantitative estimate of drug-likeness (QED) is 0.715. The lowest BCUT2D eigenvalue weighted by molar-refractivity contribution is 0.178. The Morgan fingerprint density at radius 3 is 2.69 bits per heavy atom. The highest BCUT2D eigenvalue weighted by molar-refractivity contribution is 7.89. The monoisotopic (exact) mass is 207 g/mol. The molecule has 13 heavy (non-hydrogen) atoms. The molecule has 1 heterocycles. The lowest BCUT2D eigenvalue weighted by Gasteiger charge is -2.14. The number of sulfonamides is 1.